The van der Waals surface area contributed by atoms with Gasteiger partial charge in [0.2, 0.25) is 0 Å². The summed E-state index contributed by atoms with van der Waals surface area (Å²) in [7, 11) is 4.14. The molecule has 0 saturated carbocycles. The van der Waals surface area contributed by atoms with Gasteiger partial charge in [0.15, 0.2) is 5.96 Å². The van der Waals surface area contributed by atoms with Crippen molar-refractivity contribution >= 4 is 29.9 Å². The number of hydrogen-bond donors (Lipinski definition) is 2. The maximum Gasteiger partial charge on any atom is 0.188 e. The Bertz CT molecular complexity index is 405. The third-order valence-electron chi connectivity index (χ3n) is 2.86. The summed E-state index contributed by atoms with van der Waals surface area (Å²) in [5.41, 5.74) is 8.38. The highest BCUT2D eigenvalue weighted by Crippen LogP contribution is 2.11. The van der Waals surface area contributed by atoms with Crippen molar-refractivity contribution in [1.82, 2.24) is 10.2 Å². The fourth-order valence-electron chi connectivity index (χ4n) is 1.83. The SMILES string of the molecule is CCCCNC(N)=NCc1ccccc1CN(C)C.I. The Morgan fingerprint density at radius 1 is 1.25 bits per heavy atom. The van der Waals surface area contributed by atoms with Crippen molar-refractivity contribution in [2.45, 2.75) is 32.9 Å². The van der Waals surface area contributed by atoms with Crippen molar-refractivity contribution in [3.8, 4) is 0 Å². The van der Waals surface area contributed by atoms with Crippen LogP contribution in [0.2, 0.25) is 0 Å². The van der Waals surface area contributed by atoms with Gasteiger partial charge >= 0.3 is 0 Å². The second-order valence-corrected chi connectivity index (χ2v) is 4.99. The number of nitrogens with zero attached hydrogens (tertiary/aromatic N) is 2. The summed E-state index contributed by atoms with van der Waals surface area (Å²) in [6.45, 7) is 4.61. The van der Waals surface area contributed by atoms with Gasteiger partial charge in [-0.15, -0.1) is 24.0 Å². The predicted octanol–water partition coefficient (Wildman–Crippen LogP) is 2.57. The molecule has 0 fully saturated rings. The fraction of sp³-hybridized carbons (Fsp3) is 0.533. The molecule has 0 aliphatic heterocycles. The van der Waals surface area contributed by atoms with E-state index in [1.807, 2.05) is 6.07 Å². The van der Waals surface area contributed by atoms with Crippen LogP contribution in [-0.2, 0) is 13.1 Å². The largest absolute Gasteiger partial charge is 0.370 e. The Hall–Kier alpha value is -0.820. The van der Waals surface area contributed by atoms with Crippen LogP contribution in [-0.4, -0.2) is 31.5 Å². The number of rotatable bonds is 7. The molecule has 0 spiro atoms. The molecule has 0 saturated heterocycles. The Morgan fingerprint density at radius 2 is 1.90 bits per heavy atom. The number of benzene rings is 1. The maximum atomic E-state index is 5.84. The van der Waals surface area contributed by atoms with Crippen LogP contribution in [0.1, 0.15) is 30.9 Å². The average molecular weight is 390 g/mol. The summed E-state index contributed by atoms with van der Waals surface area (Å²) in [6.07, 6.45) is 2.28. The summed E-state index contributed by atoms with van der Waals surface area (Å²) < 4.78 is 0. The summed E-state index contributed by atoms with van der Waals surface area (Å²) in [6, 6.07) is 8.37. The molecule has 0 aliphatic carbocycles. The van der Waals surface area contributed by atoms with E-state index < -0.39 is 0 Å². The van der Waals surface area contributed by atoms with Crippen molar-refractivity contribution in [2.24, 2.45) is 10.7 Å². The first-order valence-corrected chi connectivity index (χ1v) is 6.88. The Morgan fingerprint density at radius 3 is 2.50 bits per heavy atom. The van der Waals surface area contributed by atoms with Gasteiger partial charge in [-0.2, -0.15) is 0 Å². The van der Waals surface area contributed by atoms with Gasteiger partial charge in [-0.05, 0) is 31.6 Å². The molecule has 5 heteroatoms. The van der Waals surface area contributed by atoms with E-state index in [2.05, 4.69) is 54.4 Å². The molecule has 0 radical (unpaired) electrons. The van der Waals surface area contributed by atoms with Gasteiger partial charge in [-0.25, -0.2) is 4.99 Å². The molecular weight excluding hydrogens is 363 g/mol. The van der Waals surface area contributed by atoms with Crippen LogP contribution >= 0.6 is 24.0 Å². The molecule has 0 bridgehead atoms. The lowest BCUT2D eigenvalue weighted by Gasteiger charge is -2.13. The number of nitrogens with one attached hydrogen (secondary N) is 1. The zero-order valence-corrected chi connectivity index (χ0v) is 15.1. The number of nitrogens with two attached hydrogens (primary N) is 1. The molecule has 0 amide bonds. The van der Waals surface area contributed by atoms with Crippen LogP contribution in [0, 0.1) is 0 Å². The minimum Gasteiger partial charge on any atom is -0.370 e. The molecule has 0 aliphatic rings. The third kappa shape index (κ3) is 7.69. The topological polar surface area (TPSA) is 53.6 Å². The average Bonchev–Trinajstić information content (AvgIpc) is 2.37. The van der Waals surface area contributed by atoms with E-state index in [-0.39, 0.29) is 24.0 Å². The summed E-state index contributed by atoms with van der Waals surface area (Å²) in [5.74, 6) is 0.535. The molecule has 0 atom stereocenters. The van der Waals surface area contributed by atoms with E-state index in [0.29, 0.717) is 12.5 Å². The van der Waals surface area contributed by atoms with Gasteiger partial charge in [0.1, 0.15) is 0 Å². The number of unbranched alkanes of at least 4 members (excludes halogenated alkanes) is 1. The lowest BCUT2D eigenvalue weighted by atomic mass is 10.1. The second-order valence-electron chi connectivity index (χ2n) is 4.99. The third-order valence-corrected chi connectivity index (χ3v) is 2.86. The first-order valence-electron chi connectivity index (χ1n) is 6.88. The van der Waals surface area contributed by atoms with Gasteiger partial charge in [0, 0.05) is 13.1 Å². The number of guanidine groups is 1. The van der Waals surface area contributed by atoms with E-state index in [4.69, 9.17) is 5.73 Å². The van der Waals surface area contributed by atoms with E-state index in [1.54, 1.807) is 0 Å². The van der Waals surface area contributed by atoms with Crippen LogP contribution in [0.5, 0.6) is 0 Å². The highest BCUT2D eigenvalue weighted by Gasteiger charge is 2.02. The van der Waals surface area contributed by atoms with Crippen molar-refractivity contribution in [3.63, 3.8) is 0 Å². The second kappa shape index (κ2) is 10.9. The fourth-order valence-corrected chi connectivity index (χ4v) is 1.83. The molecule has 0 unspecified atom stereocenters. The molecule has 114 valence electrons. The Kier molecular flexibility index (Phi) is 10.5. The van der Waals surface area contributed by atoms with Crippen molar-refractivity contribution in [1.29, 1.82) is 0 Å². The predicted molar refractivity (Wildman–Crippen MR) is 97.5 cm³/mol. The summed E-state index contributed by atoms with van der Waals surface area (Å²) in [5, 5.41) is 3.13. The normalized spacial score (nSPS) is 11.3. The Labute approximate surface area is 139 Å². The minimum atomic E-state index is 0. The van der Waals surface area contributed by atoms with E-state index in [0.717, 1.165) is 25.9 Å². The molecule has 1 rings (SSSR count). The van der Waals surface area contributed by atoms with E-state index in [9.17, 15) is 0 Å². The summed E-state index contributed by atoms with van der Waals surface area (Å²) in [4.78, 5) is 6.56. The van der Waals surface area contributed by atoms with Crippen LogP contribution < -0.4 is 11.1 Å². The zero-order chi connectivity index (χ0) is 14.1. The monoisotopic (exact) mass is 390 g/mol. The molecular formula is C15H27IN4. The first kappa shape index (κ1) is 19.2. The van der Waals surface area contributed by atoms with E-state index in [1.165, 1.54) is 11.1 Å². The molecule has 4 nitrogen and oxygen atoms in total. The lowest BCUT2D eigenvalue weighted by molar-refractivity contribution is 0.401. The highest BCUT2D eigenvalue weighted by atomic mass is 127. The van der Waals surface area contributed by atoms with Crippen molar-refractivity contribution < 1.29 is 0 Å². The molecule has 0 aromatic heterocycles. The van der Waals surface area contributed by atoms with Gasteiger partial charge in [-0.3, -0.25) is 0 Å². The quantitative estimate of drug-likeness (QED) is 0.326. The standard InChI is InChI=1S/C15H26N4.HI/c1-4-5-10-17-15(16)18-11-13-8-6-7-9-14(13)12-19(2)3;/h6-9H,4-5,10-12H2,1-3H3,(H3,16,17,18);1H. The van der Waals surface area contributed by atoms with Crippen LogP contribution in [0.15, 0.2) is 29.3 Å². The van der Waals surface area contributed by atoms with E-state index >= 15 is 0 Å². The molecule has 0 heterocycles. The first-order chi connectivity index (χ1) is 9.13. The number of hydrogen-bond acceptors (Lipinski definition) is 2. The van der Waals surface area contributed by atoms with Crippen LogP contribution in [0.25, 0.3) is 0 Å². The van der Waals surface area contributed by atoms with Gasteiger partial charge in [0.05, 0.1) is 6.54 Å². The number of halogens is 1. The van der Waals surface area contributed by atoms with Crippen LogP contribution in [0.3, 0.4) is 0 Å². The Balaban J connectivity index is 0.00000361. The number of aliphatic imine (C=N–C) groups is 1. The zero-order valence-electron chi connectivity index (χ0n) is 12.7. The molecule has 1 aromatic carbocycles. The van der Waals surface area contributed by atoms with Crippen molar-refractivity contribution in [2.75, 3.05) is 20.6 Å². The maximum absolute atomic E-state index is 5.84. The smallest absolute Gasteiger partial charge is 0.188 e. The van der Waals surface area contributed by atoms with Gasteiger partial charge < -0.3 is 16.0 Å². The molecule has 1 aromatic rings. The summed E-state index contributed by atoms with van der Waals surface area (Å²) >= 11 is 0. The molecule has 3 N–H and O–H groups in total. The van der Waals surface area contributed by atoms with Gasteiger partial charge in [0.25, 0.3) is 0 Å². The minimum absolute atomic E-state index is 0. The highest BCUT2D eigenvalue weighted by molar-refractivity contribution is 14.0. The lowest BCUT2D eigenvalue weighted by Crippen LogP contribution is -2.32. The molecule has 20 heavy (non-hydrogen) atoms. The van der Waals surface area contributed by atoms with Gasteiger partial charge in [-0.1, -0.05) is 37.6 Å². The van der Waals surface area contributed by atoms with Crippen molar-refractivity contribution in [3.05, 3.63) is 35.4 Å². The van der Waals surface area contributed by atoms with Crippen LogP contribution in [0.4, 0.5) is 0 Å².